The van der Waals surface area contributed by atoms with Crippen LogP contribution < -0.4 is 20.7 Å². The summed E-state index contributed by atoms with van der Waals surface area (Å²) in [5.41, 5.74) is 1.19. The molecule has 0 aliphatic carbocycles. The summed E-state index contributed by atoms with van der Waals surface area (Å²) >= 11 is 0. The number of hydrogen-bond donors (Lipinski definition) is 3. The average molecular weight is 444 g/mol. The lowest BCUT2D eigenvalue weighted by Gasteiger charge is -2.35. The molecule has 174 valence electrons. The number of carbonyl (C=O) groups excluding carboxylic acids is 1. The molecule has 0 spiro atoms. The minimum Gasteiger partial charge on any atom is -0.497 e. The Morgan fingerprint density at radius 2 is 1.94 bits per heavy atom. The van der Waals surface area contributed by atoms with Crippen molar-refractivity contribution in [3.05, 3.63) is 54.0 Å². The maximum atomic E-state index is 12.2. The number of morpholine rings is 1. The molecule has 3 N–H and O–H groups in total. The maximum Gasteiger partial charge on any atom is 0.242 e. The van der Waals surface area contributed by atoms with Crippen LogP contribution in [0.1, 0.15) is 24.3 Å². The van der Waals surface area contributed by atoms with Crippen molar-refractivity contribution in [1.29, 1.82) is 0 Å². The molecular formula is C23H33N5O4. The Morgan fingerprint density at radius 1 is 1.16 bits per heavy atom. The fourth-order valence-corrected chi connectivity index (χ4v) is 3.51. The van der Waals surface area contributed by atoms with Crippen molar-refractivity contribution < 1.29 is 18.7 Å². The molecule has 1 aliphatic heterocycles. The lowest BCUT2D eigenvalue weighted by molar-refractivity contribution is -0.119. The summed E-state index contributed by atoms with van der Waals surface area (Å²) in [6.07, 6.45) is 1.58. The van der Waals surface area contributed by atoms with E-state index in [0.29, 0.717) is 31.4 Å². The molecule has 1 saturated heterocycles. The van der Waals surface area contributed by atoms with E-state index in [1.165, 1.54) is 5.56 Å². The summed E-state index contributed by atoms with van der Waals surface area (Å²) in [7, 11) is 1.67. The number of aliphatic imine (C=N–C) groups is 1. The molecule has 2 aromatic rings. The monoisotopic (exact) mass is 443 g/mol. The Labute approximate surface area is 189 Å². The van der Waals surface area contributed by atoms with Gasteiger partial charge in [-0.15, -0.1) is 0 Å². The first-order chi connectivity index (χ1) is 15.7. The van der Waals surface area contributed by atoms with Gasteiger partial charge in [0.15, 0.2) is 5.96 Å². The van der Waals surface area contributed by atoms with Gasteiger partial charge in [-0.2, -0.15) is 0 Å². The van der Waals surface area contributed by atoms with Gasteiger partial charge in [-0.1, -0.05) is 12.1 Å². The second kappa shape index (κ2) is 12.7. The van der Waals surface area contributed by atoms with Gasteiger partial charge in [-0.05, 0) is 36.8 Å². The van der Waals surface area contributed by atoms with Crippen molar-refractivity contribution in [2.45, 2.75) is 19.5 Å². The molecule has 2 heterocycles. The van der Waals surface area contributed by atoms with Gasteiger partial charge < -0.3 is 29.8 Å². The summed E-state index contributed by atoms with van der Waals surface area (Å²) in [5.74, 6) is 1.98. The molecule has 1 fully saturated rings. The van der Waals surface area contributed by atoms with E-state index in [2.05, 4.69) is 38.0 Å². The molecule has 1 aromatic carbocycles. The number of furan rings is 1. The molecular weight excluding hydrogens is 410 g/mol. The summed E-state index contributed by atoms with van der Waals surface area (Å²) in [6, 6.07) is 11.9. The van der Waals surface area contributed by atoms with Crippen LogP contribution in [0.5, 0.6) is 5.75 Å². The van der Waals surface area contributed by atoms with Crippen molar-refractivity contribution in [2.24, 2.45) is 4.99 Å². The van der Waals surface area contributed by atoms with Gasteiger partial charge in [0, 0.05) is 26.2 Å². The van der Waals surface area contributed by atoms with Gasteiger partial charge >= 0.3 is 0 Å². The van der Waals surface area contributed by atoms with Crippen LogP contribution in [-0.4, -0.2) is 69.8 Å². The molecule has 9 heteroatoms. The van der Waals surface area contributed by atoms with Crippen molar-refractivity contribution in [1.82, 2.24) is 20.9 Å². The fourth-order valence-electron chi connectivity index (χ4n) is 3.51. The highest BCUT2D eigenvalue weighted by Crippen LogP contribution is 2.23. The second-order valence-electron chi connectivity index (χ2n) is 7.37. The normalized spacial score (nSPS) is 15.8. The highest BCUT2D eigenvalue weighted by atomic mass is 16.5. The first-order valence-corrected chi connectivity index (χ1v) is 11.0. The number of methoxy groups -OCH3 is 1. The molecule has 1 atom stereocenters. The molecule has 1 aromatic heterocycles. The van der Waals surface area contributed by atoms with Gasteiger partial charge in [0.2, 0.25) is 5.91 Å². The Morgan fingerprint density at radius 3 is 2.59 bits per heavy atom. The first kappa shape index (κ1) is 23.6. The predicted molar refractivity (Wildman–Crippen MR) is 123 cm³/mol. The first-order valence-electron chi connectivity index (χ1n) is 11.0. The third kappa shape index (κ3) is 7.28. The Bertz CT molecular complexity index is 833. The highest BCUT2D eigenvalue weighted by Gasteiger charge is 2.23. The van der Waals surface area contributed by atoms with E-state index in [9.17, 15) is 4.79 Å². The van der Waals surface area contributed by atoms with E-state index in [4.69, 9.17) is 13.9 Å². The number of nitrogens with zero attached hydrogens (tertiary/aromatic N) is 2. The quantitative estimate of drug-likeness (QED) is 0.378. The van der Waals surface area contributed by atoms with Gasteiger partial charge in [0.25, 0.3) is 0 Å². The van der Waals surface area contributed by atoms with Crippen molar-refractivity contribution in [3.63, 3.8) is 0 Å². The Kier molecular flexibility index (Phi) is 9.39. The minimum atomic E-state index is -0.168. The van der Waals surface area contributed by atoms with Gasteiger partial charge in [-0.3, -0.25) is 9.69 Å². The molecule has 0 bridgehead atoms. The van der Waals surface area contributed by atoms with Crippen LogP contribution >= 0.6 is 0 Å². The third-order valence-electron chi connectivity index (χ3n) is 5.21. The van der Waals surface area contributed by atoms with Crippen molar-refractivity contribution >= 4 is 11.9 Å². The van der Waals surface area contributed by atoms with Crippen LogP contribution in [0.4, 0.5) is 0 Å². The molecule has 32 heavy (non-hydrogen) atoms. The fraction of sp³-hybridized carbons (Fsp3) is 0.478. The second-order valence-corrected chi connectivity index (χ2v) is 7.37. The number of rotatable bonds is 10. The SMILES string of the molecule is CCNC(=NCC(=O)NCc1ccco1)NCC(c1ccc(OC)cc1)N1CCOCC1. The molecule has 1 aliphatic rings. The number of hydrogen-bond acceptors (Lipinski definition) is 6. The summed E-state index contributed by atoms with van der Waals surface area (Å²) in [6.45, 7) is 6.88. The van der Waals surface area contributed by atoms with E-state index in [-0.39, 0.29) is 18.5 Å². The summed E-state index contributed by atoms with van der Waals surface area (Å²) < 4.78 is 16.1. The number of guanidine groups is 1. The third-order valence-corrected chi connectivity index (χ3v) is 5.21. The minimum absolute atomic E-state index is 0.0286. The van der Waals surface area contributed by atoms with E-state index < -0.39 is 0 Å². The van der Waals surface area contributed by atoms with Crippen molar-refractivity contribution in [3.8, 4) is 5.75 Å². The summed E-state index contributed by atoms with van der Waals surface area (Å²) in [5, 5.41) is 9.42. The van der Waals surface area contributed by atoms with Crippen LogP contribution in [0.25, 0.3) is 0 Å². The predicted octanol–water partition coefficient (Wildman–Crippen LogP) is 1.53. The zero-order chi connectivity index (χ0) is 22.6. The summed E-state index contributed by atoms with van der Waals surface area (Å²) in [4.78, 5) is 19.0. The number of carbonyl (C=O) groups is 1. The zero-order valence-electron chi connectivity index (χ0n) is 18.8. The molecule has 9 nitrogen and oxygen atoms in total. The van der Waals surface area contributed by atoms with Gasteiger partial charge in [-0.25, -0.2) is 4.99 Å². The smallest absolute Gasteiger partial charge is 0.242 e. The Balaban J connectivity index is 1.61. The van der Waals surface area contributed by atoms with Crippen LogP contribution in [0.3, 0.4) is 0 Å². The van der Waals surface area contributed by atoms with E-state index >= 15 is 0 Å². The number of amides is 1. The average Bonchev–Trinajstić information content (AvgIpc) is 3.36. The molecule has 1 unspecified atom stereocenters. The van der Waals surface area contributed by atoms with E-state index in [0.717, 1.165) is 32.1 Å². The zero-order valence-corrected chi connectivity index (χ0v) is 18.8. The van der Waals surface area contributed by atoms with Gasteiger partial charge in [0.05, 0.1) is 39.2 Å². The maximum absolute atomic E-state index is 12.2. The van der Waals surface area contributed by atoms with E-state index in [1.807, 2.05) is 25.1 Å². The number of nitrogens with one attached hydrogen (secondary N) is 3. The van der Waals surface area contributed by atoms with Crippen LogP contribution in [0.2, 0.25) is 0 Å². The lowest BCUT2D eigenvalue weighted by Crippen LogP contribution is -2.46. The van der Waals surface area contributed by atoms with Crippen LogP contribution in [0.15, 0.2) is 52.1 Å². The largest absolute Gasteiger partial charge is 0.497 e. The van der Waals surface area contributed by atoms with Crippen LogP contribution in [-0.2, 0) is 16.1 Å². The lowest BCUT2D eigenvalue weighted by atomic mass is 10.0. The Hall–Kier alpha value is -3.04. The van der Waals surface area contributed by atoms with Gasteiger partial charge in [0.1, 0.15) is 18.1 Å². The van der Waals surface area contributed by atoms with E-state index in [1.54, 1.807) is 19.4 Å². The molecule has 0 radical (unpaired) electrons. The van der Waals surface area contributed by atoms with Crippen LogP contribution in [0, 0.1) is 0 Å². The molecule has 0 saturated carbocycles. The number of ether oxygens (including phenoxy) is 2. The highest BCUT2D eigenvalue weighted by molar-refractivity contribution is 5.84. The molecule has 3 rings (SSSR count). The standard InChI is InChI=1S/C23H33N5O4/c1-3-24-23(27-17-22(29)25-15-20-5-4-12-32-20)26-16-21(28-10-13-31-14-11-28)18-6-8-19(30-2)9-7-18/h4-9,12,21H,3,10-11,13-17H2,1-2H3,(H,25,29)(H2,24,26,27). The topological polar surface area (TPSA) is 100 Å². The molecule has 1 amide bonds. The van der Waals surface area contributed by atoms with Crippen molar-refractivity contribution in [2.75, 3.05) is 53.0 Å². The number of benzene rings is 1.